The summed E-state index contributed by atoms with van der Waals surface area (Å²) in [6.07, 6.45) is 6.05. The number of rotatable bonds is 9. The fraction of sp³-hybridized carbons (Fsp3) is 0.489. The monoisotopic (exact) mass is 782 g/mol. The second-order valence-electron chi connectivity index (χ2n) is 18.2. The fourth-order valence-electron chi connectivity index (χ4n) is 12.2. The van der Waals surface area contributed by atoms with Gasteiger partial charge in [-0.25, -0.2) is 4.79 Å². The standard InChI is InChI=1S/C47H53F3N2O5/c1-30(2)51-41(55)52(28-31-14-16-34(17-15-31)57-47(48,49)50)29-45(56)23-20-39-43(45,4)22-19-38-42(3)21-18-33(53)26-44(42)24-25-46(38,39)37(27-44)40(54)36-13-9-8-12-35(36)32-10-6-5-7-11-32/h5-17,24-25,27,30,33,38-39,53,56H,18-23,26,28-29H2,1-4H3,(H,51,55)/t33?,38-,39-,42-,43+,44+,45-,46-/m1/s1. The van der Waals surface area contributed by atoms with Gasteiger partial charge in [-0.1, -0.05) is 98.8 Å². The topological polar surface area (TPSA) is 99.1 Å². The van der Waals surface area contributed by atoms with Gasteiger partial charge in [0.1, 0.15) is 5.75 Å². The zero-order chi connectivity index (χ0) is 40.6. The minimum atomic E-state index is -4.82. The average Bonchev–Trinajstić information content (AvgIpc) is 3.44. The van der Waals surface area contributed by atoms with Crippen LogP contribution in [0.2, 0.25) is 0 Å². The first-order valence-electron chi connectivity index (χ1n) is 20.4. The highest BCUT2D eigenvalue weighted by molar-refractivity contribution is 6.14. The molecule has 0 heterocycles. The highest BCUT2D eigenvalue weighted by Gasteiger charge is 2.74. The first-order chi connectivity index (χ1) is 26.9. The summed E-state index contributed by atoms with van der Waals surface area (Å²) in [6, 6.07) is 22.6. The van der Waals surface area contributed by atoms with Gasteiger partial charge in [-0.3, -0.25) is 4.79 Å². The second-order valence-corrected chi connectivity index (χ2v) is 18.2. The van der Waals surface area contributed by atoms with E-state index in [-0.39, 0.29) is 53.9 Å². The molecule has 1 unspecified atom stereocenters. The molecular formula is C47H53F3N2O5. The number of amides is 2. The van der Waals surface area contributed by atoms with Crippen molar-refractivity contribution in [2.45, 2.75) is 103 Å². The van der Waals surface area contributed by atoms with Crippen molar-refractivity contribution in [3.63, 3.8) is 0 Å². The molecule has 2 amide bonds. The van der Waals surface area contributed by atoms with Crippen LogP contribution in [-0.4, -0.2) is 57.6 Å². The van der Waals surface area contributed by atoms with Crippen molar-refractivity contribution < 1.29 is 37.7 Å². The maximum Gasteiger partial charge on any atom is 0.573 e. The number of alkyl halides is 3. The summed E-state index contributed by atoms with van der Waals surface area (Å²) in [5.74, 6) is -0.428. The van der Waals surface area contributed by atoms with Crippen molar-refractivity contribution in [2.24, 2.45) is 33.5 Å². The summed E-state index contributed by atoms with van der Waals surface area (Å²) in [6.45, 7) is 8.25. The molecule has 2 spiro atoms. The lowest BCUT2D eigenvalue weighted by Crippen LogP contribution is -2.67. The van der Waals surface area contributed by atoms with E-state index in [0.29, 0.717) is 43.2 Å². The Hall–Kier alpha value is -4.41. The molecule has 2 bridgehead atoms. The van der Waals surface area contributed by atoms with Gasteiger partial charge >= 0.3 is 12.4 Å². The number of ketones is 1. The number of aliphatic hydroxyl groups is 2. The maximum absolute atomic E-state index is 15.5. The number of hydrogen-bond donors (Lipinski definition) is 3. The highest BCUT2D eigenvalue weighted by atomic mass is 19.4. The molecule has 0 aliphatic heterocycles. The van der Waals surface area contributed by atoms with Gasteiger partial charge in [0.25, 0.3) is 0 Å². The number of allylic oxidation sites excluding steroid dienone is 4. The fourth-order valence-corrected chi connectivity index (χ4v) is 12.2. The summed E-state index contributed by atoms with van der Waals surface area (Å²) < 4.78 is 42.8. The molecule has 3 aromatic carbocycles. The van der Waals surface area contributed by atoms with Crippen LogP contribution in [0.1, 0.15) is 88.6 Å². The average molecular weight is 783 g/mol. The third-order valence-corrected chi connectivity index (χ3v) is 14.9. The van der Waals surface area contributed by atoms with Crippen molar-refractivity contribution in [3.05, 3.63) is 114 Å². The number of nitrogens with one attached hydrogen (secondary N) is 1. The molecule has 0 aromatic heterocycles. The van der Waals surface area contributed by atoms with Gasteiger partial charge in [0.2, 0.25) is 0 Å². The number of carbonyl (C=O) groups is 2. The Labute approximate surface area is 333 Å². The van der Waals surface area contributed by atoms with E-state index in [1.165, 1.54) is 24.3 Å². The predicted molar refractivity (Wildman–Crippen MR) is 212 cm³/mol. The molecule has 57 heavy (non-hydrogen) atoms. The zero-order valence-corrected chi connectivity index (χ0v) is 33.1. The predicted octanol–water partition coefficient (Wildman–Crippen LogP) is 9.65. The van der Waals surface area contributed by atoms with Gasteiger partial charge in [-0.15, -0.1) is 13.2 Å². The number of halogens is 3. The van der Waals surface area contributed by atoms with Gasteiger partial charge in [-0.05, 0) is 105 Å². The lowest BCUT2D eigenvalue weighted by Gasteiger charge is -2.71. The van der Waals surface area contributed by atoms with E-state index < -0.39 is 34.3 Å². The van der Waals surface area contributed by atoms with Gasteiger partial charge in [-0.2, -0.15) is 0 Å². The van der Waals surface area contributed by atoms with Crippen LogP contribution in [0.3, 0.4) is 0 Å². The summed E-state index contributed by atoms with van der Waals surface area (Å²) in [5, 5.41) is 27.2. The van der Waals surface area contributed by atoms with Crippen LogP contribution in [0.5, 0.6) is 5.75 Å². The van der Waals surface area contributed by atoms with Gasteiger partial charge < -0.3 is 25.2 Å². The van der Waals surface area contributed by atoms with Gasteiger partial charge in [0, 0.05) is 40.0 Å². The number of urea groups is 1. The summed E-state index contributed by atoms with van der Waals surface area (Å²) in [7, 11) is 0. The zero-order valence-electron chi connectivity index (χ0n) is 33.1. The van der Waals surface area contributed by atoms with Crippen LogP contribution in [0.4, 0.5) is 18.0 Å². The molecule has 3 aromatic rings. The number of ether oxygens (including phenoxy) is 1. The number of nitrogens with zero attached hydrogens (tertiary/aromatic N) is 1. The quantitative estimate of drug-likeness (QED) is 0.148. The number of Topliss-reactive ketones (excluding diaryl/α,β-unsaturated/α-hetero) is 1. The van der Waals surface area contributed by atoms with E-state index in [2.05, 4.69) is 42.1 Å². The molecule has 3 fully saturated rings. The summed E-state index contributed by atoms with van der Waals surface area (Å²) in [5.41, 5.74) is 0.328. The lowest BCUT2D eigenvalue weighted by atomic mass is 9.32. The molecule has 8 atom stereocenters. The SMILES string of the molecule is CC(C)NC(=O)N(Cc1ccc(OC(F)(F)F)cc1)C[C@]1(O)CC[C@H]2[C@]34C=C[C@@]5(C=C3C(=O)c3ccccc3-c3ccccc3)CC(O)CC[C@]5(C)[C@H]4CC[C@@]21C. The van der Waals surface area contributed by atoms with E-state index in [0.717, 1.165) is 29.5 Å². The largest absolute Gasteiger partial charge is 0.573 e. The Morgan fingerprint density at radius 3 is 2.23 bits per heavy atom. The van der Waals surface area contributed by atoms with Gasteiger partial charge in [0.15, 0.2) is 5.78 Å². The van der Waals surface area contributed by atoms with Crippen molar-refractivity contribution in [1.82, 2.24) is 10.2 Å². The summed E-state index contributed by atoms with van der Waals surface area (Å²) >= 11 is 0. The molecule has 302 valence electrons. The third-order valence-electron chi connectivity index (χ3n) is 14.9. The first-order valence-corrected chi connectivity index (χ1v) is 20.4. The molecule has 6 aliphatic carbocycles. The van der Waals surface area contributed by atoms with Crippen molar-refractivity contribution in [3.8, 4) is 16.9 Å². The number of carbonyl (C=O) groups excluding carboxylic acids is 2. The van der Waals surface area contributed by atoms with Crippen molar-refractivity contribution >= 4 is 11.8 Å². The van der Waals surface area contributed by atoms with Crippen molar-refractivity contribution in [1.29, 1.82) is 0 Å². The Bertz CT molecular complexity index is 2100. The van der Waals surface area contributed by atoms with Crippen LogP contribution in [0, 0.1) is 33.5 Å². The number of aliphatic hydroxyl groups excluding tert-OH is 1. The van der Waals surface area contributed by atoms with E-state index in [1.807, 2.05) is 68.4 Å². The number of hydrogen-bond acceptors (Lipinski definition) is 5. The molecule has 3 N–H and O–H groups in total. The van der Waals surface area contributed by atoms with Crippen LogP contribution in [-0.2, 0) is 6.54 Å². The molecule has 3 saturated carbocycles. The molecule has 6 aliphatic rings. The van der Waals surface area contributed by atoms with Crippen LogP contribution in [0.15, 0.2) is 103 Å². The van der Waals surface area contributed by atoms with E-state index in [9.17, 15) is 28.2 Å². The first kappa shape index (κ1) is 39.4. The highest BCUT2D eigenvalue weighted by Crippen LogP contribution is 2.78. The number of benzene rings is 3. The minimum Gasteiger partial charge on any atom is -0.406 e. The molecule has 0 radical (unpaired) electrons. The van der Waals surface area contributed by atoms with Gasteiger partial charge in [0.05, 0.1) is 18.2 Å². The minimum absolute atomic E-state index is 0.00104. The maximum atomic E-state index is 15.5. The molecular weight excluding hydrogens is 730 g/mol. The smallest absolute Gasteiger partial charge is 0.406 e. The molecule has 10 heteroatoms. The van der Waals surface area contributed by atoms with Crippen LogP contribution in [0.25, 0.3) is 11.1 Å². The Morgan fingerprint density at radius 2 is 1.53 bits per heavy atom. The second kappa shape index (κ2) is 13.9. The van der Waals surface area contributed by atoms with E-state index in [4.69, 9.17) is 0 Å². The Balaban J connectivity index is 1.19. The molecule has 0 saturated heterocycles. The molecule has 9 rings (SSSR count). The third kappa shape index (κ3) is 6.33. The van der Waals surface area contributed by atoms with Crippen molar-refractivity contribution in [2.75, 3.05) is 6.54 Å². The Morgan fingerprint density at radius 1 is 0.877 bits per heavy atom. The van der Waals surface area contributed by atoms with E-state index >= 15 is 4.79 Å². The Kier molecular flexibility index (Phi) is 9.59. The number of fused-ring (bicyclic) bond motifs is 1. The van der Waals surface area contributed by atoms with Crippen LogP contribution < -0.4 is 10.1 Å². The summed E-state index contributed by atoms with van der Waals surface area (Å²) in [4.78, 5) is 30.9. The lowest BCUT2D eigenvalue weighted by molar-refractivity contribution is -0.274. The normalized spacial score (nSPS) is 33.9. The van der Waals surface area contributed by atoms with Crippen LogP contribution >= 0.6 is 0 Å². The van der Waals surface area contributed by atoms with E-state index in [1.54, 1.807) is 4.90 Å². The molecule has 7 nitrogen and oxygen atoms in total.